The summed E-state index contributed by atoms with van der Waals surface area (Å²) in [6.07, 6.45) is 86.1. The number of carbonyl (C=O) groups is 3. The molecule has 0 bridgehead atoms. The molecule has 0 heterocycles. The minimum atomic E-state index is -0.771. The highest BCUT2D eigenvalue weighted by Gasteiger charge is 2.19. The van der Waals surface area contributed by atoms with Crippen LogP contribution in [0.1, 0.15) is 400 Å². The molecule has 0 aromatic heterocycles. The van der Waals surface area contributed by atoms with Crippen LogP contribution in [-0.4, -0.2) is 37.2 Å². The van der Waals surface area contributed by atoms with Crippen LogP contribution in [0.15, 0.2) is 36.5 Å². The number of hydrogen-bond acceptors (Lipinski definition) is 6. The van der Waals surface area contributed by atoms with Crippen molar-refractivity contribution in [2.24, 2.45) is 0 Å². The molecule has 0 amide bonds. The second-order valence-corrected chi connectivity index (χ2v) is 24.5. The van der Waals surface area contributed by atoms with E-state index in [4.69, 9.17) is 14.2 Å². The number of allylic oxidation sites excluding steroid dienone is 6. The zero-order valence-corrected chi connectivity index (χ0v) is 54.1. The van der Waals surface area contributed by atoms with Crippen molar-refractivity contribution in [3.8, 4) is 0 Å². The summed E-state index contributed by atoms with van der Waals surface area (Å²) in [6.45, 7) is 6.69. The smallest absolute Gasteiger partial charge is 0.306 e. The van der Waals surface area contributed by atoms with E-state index in [1.807, 2.05) is 0 Å². The fourth-order valence-electron chi connectivity index (χ4n) is 10.9. The summed E-state index contributed by atoms with van der Waals surface area (Å²) in [4.78, 5) is 38.4. The summed E-state index contributed by atoms with van der Waals surface area (Å²) in [5.74, 6) is -0.842. The van der Waals surface area contributed by atoms with E-state index in [9.17, 15) is 14.4 Å². The lowest BCUT2D eigenvalue weighted by Crippen LogP contribution is -2.30. The van der Waals surface area contributed by atoms with Crippen molar-refractivity contribution in [3.63, 3.8) is 0 Å². The zero-order chi connectivity index (χ0) is 57.8. The Labute approximate surface area is 499 Å². The van der Waals surface area contributed by atoms with Crippen LogP contribution in [0.4, 0.5) is 0 Å². The van der Waals surface area contributed by atoms with Crippen LogP contribution < -0.4 is 0 Å². The number of carbonyl (C=O) groups excluding carboxylic acids is 3. The minimum absolute atomic E-state index is 0.0676. The van der Waals surface area contributed by atoms with Gasteiger partial charge in [-0.05, 0) is 77.0 Å². The van der Waals surface area contributed by atoms with E-state index in [-0.39, 0.29) is 31.1 Å². The molecule has 0 aromatic rings. The van der Waals surface area contributed by atoms with Gasteiger partial charge in [0.1, 0.15) is 13.2 Å². The highest BCUT2D eigenvalue weighted by atomic mass is 16.6. The average molecular weight is 1120 g/mol. The van der Waals surface area contributed by atoms with E-state index in [1.54, 1.807) is 0 Å². The summed E-state index contributed by atoms with van der Waals surface area (Å²) in [6, 6.07) is 0. The third kappa shape index (κ3) is 66.4. The van der Waals surface area contributed by atoms with Gasteiger partial charge in [-0.25, -0.2) is 0 Å². The van der Waals surface area contributed by atoms with Crippen LogP contribution in [0.2, 0.25) is 0 Å². The Morgan fingerprint density at radius 3 is 0.700 bits per heavy atom. The normalized spacial score (nSPS) is 12.2. The molecule has 1 atom stereocenters. The Morgan fingerprint density at radius 2 is 0.450 bits per heavy atom. The molecule has 0 aliphatic heterocycles. The van der Waals surface area contributed by atoms with Gasteiger partial charge < -0.3 is 14.2 Å². The molecule has 0 saturated carbocycles. The van der Waals surface area contributed by atoms with Gasteiger partial charge in [-0.3, -0.25) is 14.4 Å². The minimum Gasteiger partial charge on any atom is -0.462 e. The maximum atomic E-state index is 12.9. The molecule has 0 radical (unpaired) electrons. The van der Waals surface area contributed by atoms with Gasteiger partial charge in [-0.1, -0.05) is 340 Å². The highest BCUT2D eigenvalue weighted by Crippen LogP contribution is 2.18. The van der Waals surface area contributed by atoms with Crippen LogP contribution in [0, 0.1) is 0 Å². The standard InChI is InChI=1S/C74H138O6/c1-4-7-10-13-16-19-22-25-27-29-31-32-33-34-35-36-37-38-39-40-41-42-43-45-46-49-52-55-58-61-64-67-73(76)79-70-71(69-78-72(75)66-63-60-57-54-51-48-24-21-18-15-12-9-6-3)80-74(77)68-65-62-59-56-53-50-47-44-30-28-26-23-20-17-14-11-8-5-2/h22,25,28-31,71H,4-21,23-24,26-27,32-70H2,1-3H3/b25-22-,30-28-,31-29-. The molecule has 470 valence electrons. The van der Waals surface area contributed by atoms with Crippen molar-refractivity contribution in [3.05, 3.63) is 36.5 Å². The highest BCUT2D eigenvalue weighted by molar-refractivity contribution is 5.71. The van der Waals surface area contributed by atoms with Gasteiger partial charge in [0, 0.05) is 19.3 Å². The van der Waals surface area contributed by atoms with Gasteiger partial charge in [0.15, 0.2) is 6.10 Å². The van der Waals surface area contributed by atoms with Crippen LogP contribution >= 0.6 is 0 Å². The number of ether oxygens (including phenoxy) is 3. The number of unbranched alkanes of at least 4 members (excludes halogenated alkanes) is 50. The number of rotatable bonds is 67. The molecule has 0 aromatic carbocycles. The topological polar surface area (TPSA) is 78.9 Å². The van der Waals surface area contributed by atoms with Crippen molar-refractivity contribution in [1.29, 1.82) is 0 Å². The molecule has 0 N–H and O–H groups in total. The lowest BCUT2D eigenvalue weighted by Gasteiger charge is -2.18. The molecule has 0 fully saturated rings. The summed E-state index contributed by atoms with van der Waals surface area (Å²) >= 11 is 0. The number of esters is 3. The molecular formula is C74H138O6. The van der Waals surface area contributed by atoms with Crippen molar-refractivity contribution < 1.29 is 28.6 Å². The third-order valence-corrected chi connectivity index (χ3v) is 16.4. The first kappa shape index (κ1) is 77.6. The first-order valence-corrected chi connectivity index (χ1v) is 36.0. The zero-order valence-electron chi connectivity index (χ0n) is 54.1. The van der Waals surface area contributed by atoms with E-state index < -0.39 is 6.10 Å². The molecule has 0 aliphatic rings. The summed E-state index contributed by atoms with van der Waals surface area (Å²) < 4.78 is 17.0. The van der Waals surface area contributed by atoms with Gasteiger partial charge in [0.2, 0.25) is 0 Å². The Hall–Kier alpha value is -2.37. The molecular weight excluding hydrogens is 985 g/mol. The lowest BCUT2D eigenvalue weighted by atomic mass is 10.0. The molecule has 80 heavy (non-hydrogen) atoms. The predicted molar refractivity (Wildman–Crippen MR) is 349 cm³/mol. The molecule has 0 saturated heterocycles. The van der Waals surface area contributed by atoms with Gasteiger partial charge in [-0.2, -0.15) is 0 Å². The van der Waals surface area contributed by atoms with E-state index in [0.717, 1.165) is 64.2 Å². The second kappa shape index (κ2) is 69.1. The van der Waals surface area contributed by atoms with Gasteiger partial charge in [0.25, 0.3) is 0 Å². The molecule has 0 spiro atoms. The van der Waals surface area contributed by atoms with Gasteiger partial charge in [0.05, 0.1) is 0 Å². The maximum Gasteiger partial charge on any atom is 0.306 e. The van der Waals surface area contributed by atoms with E-state index in [0.29, 0.717) is 19.3 Å². The second-order valence-electron chi connectivity index (χ2n) is 24.5. The Bertz CT molecular complexity index is 1340. The van der Waals surface area contributed by atoms with Crippen molar-refractivity contribution in [2.75, 3.05) is 13.2 Å². The SMILES string of the molecule is CCCCCCC/C=C\C/C=C\CCCCCCCCCCCCCCCCCCCCCC(=O)OCC(COC(=O)CCCCCCCCCCCCCCC)OC(=O)CCCCCCCCC/C=C\CCCCCCCCC. The summed E-state index contributed by atoms with van der Waals surface area (Å²) in [5, 5.41) is 0. The van der Waals surface area contributed by atoms with E-state index >= 15 is 0 Å². The van der Waals surface area contributed by atoms with Crippen LogP contribution in [0.25, 0.3) is 0 Å². The van der Waals surface area contributed by atoms with Crippen molar-refractivity contribution in [2.45, 2.75) is 406 Å². The van der Waals surface area contributed by atoms with Crippen LogP contribution in [0.3, 0.4) is 0 Å². The largest absolute Gasteiger partial charge is 0.462 e. The van der Waals surface area contributed by atoms with E-state index in [2.05, 4.69) is 57.2 Å². The van der Waals surface area contributed by atoms with Crippen molar-refractivity contribution >= 4 is 17.9 Å². The number of hydrogen-bond donors (Lipinski definition) is 0. The van der Waals surface area contributed by atoms with Crippen LogP contribution in [0.5, 0.6) is 0 Å². The van der Waals surface area contributed by atoms with Gasteiger partial charge in [-0.15, -0.1) is 0 Å². The maximum absolute atomic E-state index is 12.9. The first-order valence-electron chi connectivity index (χ1n) is 36.0. The van der Waals surface area contributed by atoms with E-state index in [1.165, 1.54) is 295 Å². The Morgan fingerprint density at radius 1 is 0.250 bits per heavy atom. The summed E-state index contributed by atoms with van der Waals surface area (Å²) in [7, 11) is 0. The molecule has 0 aliphatic carbocycles. The monoisotopic (exact) mass is 1120 g/mol. The average Bonchev–Trinajstić information content (AvgIpc) is 3.46. The molecule has 1 unspecified atom stereocenters. The summed E-state index contributed by atoms with van der Waals surface area (Å²) in [5.41, 5.74) is 0. The third-order valence-electron chi connectivity index (χ3n) is 16.4. The fraction of sp³-hybridized carbons (Fsp3) is 0.878. The Balaban J connectivity index is 4.15. The predicted octanol–water partition coefficient (Wildman–Crippen LogP) is 24.7. The quantitative estimate of drug-likeness (QED) is 0.0261. The van der Waals surface area contributed by atoms with Gasteiger partial charge >= 0.3 is 17.9 Å². The fourth-order valence-corrected chi connectivity index (χ4v) is 10.9. The van der Waals surface area contributed by atoms with Crippen molar-refractivity contribution in [1.82, 2.24) is 0 Å². The molecule has 6 heteroatoms. The van der Waals surface area contributed by atoms with Crippen LogP contribution in [-0.2, 0) is 28.6 Å². The Kier molecular flexibility index (Phi) is 67.1. The molecule has 0 rings (SSSR count). The lowest BCUT2D eigenvalue weighted by molar-refractivity contribution is -0.167. The first-order chi connectivity index (χ1) is 39.5. The molecule has 6 nitrogen and oxygen atoms in total.